The molecule has 1 aliphatic rings. The molecule has 236 valence electrons. The predicted molar refractivity (Wildman–Crippen MR) is 220 cm³/mol. The van der Waals surface area contributed by atoms with Crippen molar-refractivity contribution in [3.63, 3.8) is 0 Å². The van der Waals surface area contributed by atoms with E-state index < -0.39 is 0 Å². The lowest BCUT2D eigenvalue weighted by atomic mass is 9.80. The maximum absolute atomic E-state index is 2.56. The first-order chi connectivity index (χ1) is 25.1. The minimum absolute atomic E-state index is 0.0982. The fourth-order valence-electron chi connectivity index (χ4n) is 10.4. The Labute approximate surface area is 295 Å². The van der Waals surface area contributed by atoms with Crippen LogP contribution in [0.5, 0.6) is 0 Å². The van der Waals surface area contributed by atoms with Gasteiger partial charge in [-0.15, -0.1) is 0 Å². The van der Waals surface area contributed by atoms with E-state index in [0.717, 1.165) is 0 Å². The number of benzene rings is 9. The van der Waals surface area contributed by atoms with Crippen LogP contribution in [0.15, 0.2) is 158 Å². The standard InChI is InChI=1S/C51H32/c1-51(2)42-26-12-11-21-33(42)39-28-41-46-36(24-14-25-37(46)50(39)51)48-44(30-17-7-4-8-18-30)47-35-23-13-22-34-31-19-9-10-20-32(31)38(45(34)35)27-40(47)43(49(41)48)29-15-5-3-6-16-29/h3-28H,1-2H3. The highest BCUT2D eigenvalue weighted by Gasteiger charge is 2.38. The fraction of sp³-hybridized carbons (Fsp3) is 0.0588. The second-order valence-electron chi connectivity index (χ2n) is 15.1. The van der Waals surface area contributed by atoms with Crippen molar-refractivity contribution in [2.45, 2.75) is 19.3 Å². The van der Waals surface area contributed by atoms with Crippen molar-refractivity contribution in [2.24, 2.45) is 0 Å². The van der Waals surface area contributed by atoms with E-state index in [-0.39, 0.29) is 5.41 Å². The van der Waals surface area contributed by atoms with Crippen molar-refractivity contribution in [3.8, 4) is 33.4 Å². The molecule has 1 aliphatic carbocycles. The van der Waals surface area contributed by atoms with Gasteiger partial charge in [-0.2, -0.15) is 0 Å². The molecule has 51 heavy (non-hydrogen) atoms. The Hall–Kier alpha value is -6.24. The lowest BCUT2D eigenvalue weighted by molar-refractivity contribution is 0.666. The smallest absolute Gasteiger partial charge is 0.0165 e. The van der Waals surface area contributed by atoms with Crippen LogP contribution in [0.3, 0.4) is 0 Å². The number of fused-ring (bicyclic) bond motifs is 12. The average Bonchev–Trinajstić information content (AvgIpc) is 3.76. The van der Waals surface area contributed by atoms with Crippen molar-refractivity contribution in [1.29, 1.82) is 0 Å². The van der Waals surface area contributed by atoms with E-state index >= 15 is 0 Å². The molecule has 11 aromatic carbocycles. The minimum atomic E-state index is -0.0982. The molecule has 0 radical (unpaired) electrons. The summed E-state index contributed by atoms with van der Waals surface area (Å²) in [5, 5.41) is 18.9. The SMILES string of the molecule is CC1(C)c2ccccc2-c2cc3c4c(-c5ccccc5)c5cc6c7ccccc7c7cccc(c5c(-c5ccccc5)c4c4cccc(c21)c34)c76. The molecule has 0 amide bonds. The van der Waals surface area contributed by atoms with Gasteiger partial charge in [0.15, 0.2) is 0 Å². The van der Waals surface area contributed by atoms with Gasteiger partial charge in [0.05, 0.1) is 0 Å². The third kappa shape index (κ3) is 3.31. The molecule has 0 saturated carbocycles. The summed E-state index contributed by atoms with van der Waals surface area (Å²) in [6.45, 7) is 4.82. The Kier molecular flexibility index (Phi) is 5.14. The van der Waals surface area contributed by atoms with Crippen LogP contribution >= 0.6 is 0 Å². The van der Waals surface area contributed by atoms with Gasteiger partial charge in [-0.05, 0) is 132 Å². The third-order valence-corrected chi connectivity index (χ3v) is 12.3. The van der Waals surface area contributed by atoms with Gasteiger partial charge < -0.3 is 0 Å². The van der Waals surface area contributed by atoms with E-state index in [1.165, 1.54) is 120 Å². The zero-order chi connectivity index (χ0) is 33.6. The molecule has 0 unspecified atom stereocenters. The highest BCUT2D eigenvalue weighted by Crippen LogP contribution is 2.58. The van der Waals surface area contributed by atoms with Crippen LogP contribution in [-0.4, -0.2) is 0 Å². The maximum atomic E-state index is 2.56. The fourth-order valence-corrected chi connectivity index (χ4v) is 10.4. The van der Waals surface area contributed by atoms with Crippen molar-refractivity contribution < 1.29 is 0 Å². The summed E-state index contributed by atoms with van der Waals surface area (Å²) in [6, 6.07) is 59.5. The molecular formula is C51H32. The Morgan fingerprint density at radius 1 is 0.314 bits per heavy atom. The van der Waals surface area contributed by atoms with Gasteiger partial charge >= 0.3 is 0 Å². The summed E-state index contributed by atoms with van der Waals surface area (Å²) >= 11 is 0. The normalized spacial score (nSPS) is 13.8. The van der Waals surface area contributed by atoms with E-state index in [1.54, 1.807) is 0 Å². The Morgan fingerprint density at radius 3 is 1.59 bits per heavy atom. The van der Waals surface area contributed by atoms with Gasteiger partial charge in [0, 0.05) is 5.41 Å². The molecule has 0 bridgehead atoms. The van der Waals surface area contributed by atoms with Gasteiger partial charge in [-0.1, -0.05) is 159 Å². The number of hydrogen-bond acceptors (Lipinski definition) is 0. The molecule has 0 nitrogen and oxygen atoms in total. The van der Waals surface area contributed by atoms with Gasteiger partial charge in [-0.3, -0.25) is 0 Å². The summed E-state index contributed by atoms with van der Waals surface area (Å²) in [5.74, 6) is 0. The van der Waals surface area contributed by atoms with Crippen LogP contribution in [0.2, 0.25) is 0 Å². The molecule has 0 fully saturated rings. The molecule has 0 heteroatoms. The van der Waals surface area contributed by atoms with Gasteiger partial charge in [0.2, 0.25) is 0 Å². The van der Waals surface area contributed by atoms with E-state index in [0.29, 0.717) is 0 Å². The Balaban J connectivity index is 1.43. The summed E-state index contributed by atoms with van der Waals surface area (Å²) in [4.78, 5) is 0. The highest BCUT2D eigenvalue weighted by molar-refractivity contribution is 6.45. The van der Waals surface area contributed by atoms with Crippen LogP contribution in [0, 0.1) is 0 Å². The minimum Gasteiger partial charge on any atom is -0.0622 e. The average molecular weight is 645 g/mol. The van der Waals surface area contributed by atoms with Crippen molar-refractivity contribution in [1.82, 2.24) is 0 Å². The second-order valence-corrected chi connectivity index (χ2v) is 15.1. The number of rotatable bonds is 2. The van der Waals surface area contributed by atoms with E-state index in [9.17, 15) is 0 Å². The quantitative estimate of drug-likeness (QED) is 0.164. The van der Waals surface area contributed by atoms with Gasteiger partial charge in [0.25, 0.3) is 0 Å². The molecule has 0 aromatic heterocycles. The summed E-state index contributed by atoms with van der Waals surface area (Å²) in [5.41, 5.74) is 10.7. The molecule has 12 rings (SSSR count). The molecule has 0 atom stereocenters. The van der Waals surface area contributed by atoms with Crippen molar-refractivity contribution in [2.75, 3.05) is 0 Å². The van der Waals surface area contributed by atoms with Gasteiger partial charge in [0.1, 0.15) is 0 Å². The van der Waals surface area contributed by atoms with Crippen LogP contribution in [-0.2, 0) is 5.41 Å². The molecule has 0 N–H and O–H groups in total. The van der Waals surface area contributed by atoms with Crippen LogP contribution in [0.1, 0.15) is 25.0 Å². The second kappa shape index (κ2) is 9.50. The molecule has 0 heterocycles. The zero-order valence-corrected chi connectivity index (χ0v) is 28.5. The Morgan fingerprint density at radius 2 is 0.843 bits per heavy atom. The first-order valence-electron chi connectivity index (χ1n) is 18.1. The maximum Gasteiger partial charge on any atom is 0.0165 e. The first kappa shape index (κ1) is 27.6. The molecular weight excluding hydrogens is 613 g/mol. The van der Waals surface area contributed by atoms with Crippen LogP contribution < -0.4 is 0 Å². The van der Waals surface area contributed by atoms with Gasteiger partial charge in [-0.25, -0.2) is 0 Å². The predicted octanol–water partition coefficient (Wildman–Crippen LogP) is 14.3. The Bertz CT molecular complexity index is 3240. The van der Waals surface area contributed by atoms with Crippen LogP contribution in [0.25, 0.3) is 109 Å². The van der Waals surface area contributed by atoms with Crippen molar-refractivity contribution in [3.05, 3.63) is 169 Å². The van der Waals surface area contributed by atoms with E-state index in [1.807, 2.05) is 0 Å². The topological polar surface area (TPSA) is 0 Å². The van der Waals surface area contributed by atoms with E-state index in [2.05, 4.69) is 172 Å². The van der Waals surface area contributed by atoms with Crippen molar-refractivity contribution >= 4 is 75.4 Å². The monoisotopic (exact) mass is 644 g/mol. The molecule has 11 aromatic rings. The van der Waals surface area contributed by atoms with Crippen LogP contribution in [0.4, 0.5) is 0 Å². The molecule has 0 saturated heterocycles. The molecule has 0 spiro atoms. The summed E-state index contributed by atoms with van der Waals surface area (Å²) in [7, 11) is 0. The lowest BCUT2D eigenvalue weighted by Crippen LogP contribution is -2.15. The lowest BCUT2D eigenvalue weighted by Gasteiger charge is -2.23. The third-order valence-electron chi connectivity index (χ3n) is 12.3. The first-order valence-corrected chi connectivity index (χ1v) is 18.1. The summed E-state index contributed by atoms with van der Waals surface area (Å²) in [6.07, 6.45) is 0. The largest absolute Gasteiger partial charge is 0.0622 e. The summed E-state index contributed by atoms with van der Waals surface area (Å²) < 4.78 is 0. The van der Waals surface area contributed by atoms with E-state index in [4.69, 9.17) is 0 Å². The number of hydrogen-bond donors (Lipinski definition) is 0. The zero-order valence-electron chi connectivity index (χ0n) is 28.5. The molecule has 0 aliphatic heterocycles. The highest BCUT2D eigenvalue weighted by atomic mass is 14.4.